The number of guanidine groups is 1. The van der Waals surface area contributed by atoms with Gasteiger partial charge >= 0.3 is 0 Å². The molecule has 23 heavy (non-hydrogen) atoms. The molecule has 2 aromatic rings. The molecule has 1 N–H and O–H groups in total. The van der Waals surface area contributed by atoms with Crippen molar-refractivity contribution in [3.63, 3.8) is 0 Å². The topological polar surface area (TPSA) is 58.3 Å². The van der Waals surface area contributed by atoms with Crippen LogP contribution in [0.1, 0.15) is 25.2 Å². The second kappa shape index (κ2) is 8.53. The minimum Gasteiger partial charge on any atom is -0.357 e. The molecule has 7 heteroatoms. The fourth-order valence-corrected chi connectivity index (χ4v) is 2.43. The maximum absolute atomic E-state index is 6.24. The second-order valence-electron chi connectivity index (χ2n) is 5.15. The first-order valence-corrected chi connectivity index (χ1v) is 8.13. The molecule has 1 aromatic carbocycles. The Labute approximate surface area is 142 Å². The van der Waals surface area contributed by atoms with Crippen LogP contribution in [-0.2, 0) is 19.6 Å². The standard InChI is InChI=1S/C16H23ClN6/c1-4-18-16(19-10-15-21-20-12-23(15)5-2)22(3)11-13-8-6-7-9-14(13)17/h6-9,12H,4-5,10-11H2,1-3H3,(H,18,19). The van der Waals surface area contributed by atoms with Gasteiger partial charge in [0, 0.05) is 31.7 Å². The molecular formula is C16H23ClN6. The molecule has 0 fully saturated rings. The maximum Gasteiger partial charge on any atom is 0.194 e. The van der Waals surface area contributed by atoms with E-state index in [0.29, 0.717) is 13.1 Å². The quantitative estimate of drug-likeness (QED) is 0.651. The summed E-state index contributed by atoms with van der Waals surface area (Å²) in [5.74, 6) is 1.67. The summed E-state index contributed by atoms with van der Waals surface area (Å²) in [4.78, 5) is 6.71. The molecule has 0 saturated carbocycles. The average molecular weight is 335 g/mol. The molecule has 0 aliphatic carbocycles. The van der Waals surface area contributed by atoms with E-state index in [9.17, 15) is 0 Å². The lowest BCUT2D eigenvalue weighted by molar-refractivity contribution is 0.476. The predicted octanol–water partition coefficient (Wildman–Crippen LogP) is 2.55. The van der Waals surface area contributed by atoms with Gasteiger partial charge in [0.25, 0.3) is 0 Å². The Morgan fingerprint density at radius 3 is 2.83 bits per heavy atom. The number of benzene rings is 1. The molecule has 0 atom stereocenters. The normalized spacial score (nSPS) is 11.6. The van der Waals surface area contributed by atoms with Gasteiger partial charge in [-0.1, -0.05) is 29.8 Å². The second-order valence-corrected chi connectivity index (χ2v) is 5.56. The number of nitrogens with one attached hydrogen (secondary N) is 1. The van der Waals surface area contributed by atoms with Crippen molar-refractivity contribution in [3.8, 4) is 0 Å². The first-order valence-electron chi connectivity index (χ1n) is 7.75. The number of aryl methyl sites for hydroxylation is 1. The summed E-state index contributed by atoms with van der Waals surface area (Å²) in [5.41, 5.74) is 1.07. The van der Waals surface area contributed by atoms with E-state index in [4.69, 9.17) is 11.6 Å². The number of aromatic nitrogens is 3. The Kier molecular flexibility index (Phi) is 6.40. The summed E-state index contributed by atoms with van der Waals surface area (Å²) in [6.07, 6.45) is 1.73. The van der Waals surface area contributed by atoms with E-state index in [0.717, 1.165) is 35.5 Å². The summed E-state index contributed by atoms with van der Waals surface area (Å²) in [5, 5.41) is 12.1. The van der Waals surface area contributed by atoms with Gasteiger partial charge in [0.15, 0.2) is 11.8 Å². The molecule has 0 amide bonds. The highest BCUT2D eigenvalue weighted by Gasteiger charge is 2.09. The number of rotatable bonds is 6. The van der Waals surface area contributed by atoms with Crippen molar-refractivity contribution in [2.45, 2.75) is 33.5 Å². The van der Waals surface area contributed by atoms with Crippen LogP contribution in [0.15, 0.2) is 35.6 Å². The van der Waals surface area contributed by atoms with E-state index in [1.54, 1.807) is 6.33 Å². The molecule has 2 rings (SSSR count). The minimum atomic E-state index is 0.489. The van der Waals surface area contributed by atoms with E-state index < -0.39 is 0 Å². The number of hydrogen-bond donors (Lipinski definition) is 1. The lowest BCUT2D eigenvalue weighted by atomic mass is 10.2. The van der Waals surface area contributed by atoms with Crippen molar-refractivity contribution >= 4 is 17.6 Å². The van der Waals surface area contributed by atoms with Crippen LogP contribution in [0.25, 0.3) is 0 Å². The third kappa shape index (κ3) is 4.69. The lowest BCUT2D eigenvalue weighted by Crippen LogP contribution is -2.38. The highest BCUT2D eigenvalue weighted by Crippen LogP contribution is 2.16. The molecule has 0 bridgehead atoms. The van der Waals surface area contributed by atoms with Crippen LogP contribution in [0, 0.1) is 0 Å². The third-order valence-electron chi connectivity index (χ3n) is 3.47. The summed E-state index contributed by atoms with van der Waals surface area (Å²) >= 11 is 6.24. The van der Waals surface area contributed by atoms with Gasteiger partial charge in [-0.25, -0.2) is 4.99 Å². The average Bonchev–Trinajstić information content (AvgIpc) is 3.01. The zero-order valence-electron chi connectivity index (χ0n) is 13.8. The van der Waals surface area contributed by atoms with Crippen molar-refractivity contribution < 1.29 is 0 Å². The van der Waals surface area contributed by atoms with Crippen LogP contribution < -0.4 is 5.32 Å². The van der Waals surface area contributed by atoms with E-state index in [2.05, 4.69) is 32.3 Å². The molecular weight excluding hydrogens is 312 g/mol. The van der Waals surface area contributed by atoms with Crippen molar-refractivity contribution in [3.05, 3.63) is 47.0 Å². The predicted molar refractivity (Wildman–Crippen MR) is 93.4 cm³/mol. The van der Waals surface area contributed by atoms with Crippen molar-refractivity contribution in [2.24, 2.45) is 4.99 Å². The maximum atomic E-state index is 6.24. The molecule has 1 heterocycles. The van der Waals surface area contributed by atoms with E-state index in [1.807, 2.05) is 42.8 Å². The van der Waals surface area contributed by atoms with Gasteiger partial charge in [-0.2, -0.15) is 0 Å². The van der Waals surface area contributed by atoms with Crippen molar-refractivity contribution in [1.82, 2.24) is 25.0 Å². The first-order chi connectivity index (χ1) is 11.2. The molecule has 0 aliphatic heterocycles. The Bertz CT molecular complexity index is 652. The summed E-state index contributed by atoms with van der Waals surface area (Å²) in [6, 6.07) is 7.85. The fraction of sp³-hybridized carbons (Fsp3) is 0.438. The Balaban J connectivity index is 2.10. The summed E-state index contributed by atoms with van der Waals surface area (Å²) in [6.45, 7) is 6.92. The zero-order chi connectivity index (χ0) is 16.7. The Morgan fingerprint density at radius 1 is 1.35 bits per heavy atom. The minimum absolute atomic E-state index is 0.489. The van der Waals surface area contributed by atoms with Crippen LogP contribution in [0.4, 0.5) is 0 Å². The molecule has 124 valence electrons. The molecule has 0 spiro atoms. The highest BCUT2D eigenvalue weighted by molar-refractivity contribution is 6.31. The molecule has 0 saturated heterocycles. The lowest BCUT2D eigenvalue weighted by Gasteiger charge is -2.22. The smallest absolute Gasteiger partial charge is 0.194 e. The van der Waals surface area contributed by atoms with E-state index in [1.165, 1.54) is 0 Å². The van der Waals surface area contributed by atoms with Gasteiger partial charge in [0.2, 0.25) is 0 Å². The summed E-state index contributed by atoms with van der Waals surface area (Å²) < 4.78 is 1.99. The molecule has 1 aromatic heterocycles. The first kappa shape index (κ1) is 17.3. The molecule has 0 aliphatic rings. The Morgan fingerprint density at radius 2 is 2.13 bits per heavy atom. The van der Waals surface area contributed by atoms with Crippen LogP contribution in [0.5, 0.6) is 0 Å². The number of halogens is 1. The monoisotopic (exact) mass is 334 g/mol. The largest absolute Gasteiger partial charge is 0.357 e. The van der Waals surface area contributed by atoms with E-state index in [-0.39, 0.29) is 0 Å². The van der Waals surface area contributed by atoms with Crippen LogP contribution in [0.2, 0.25) is 5.02 Å². The highest BCUT2D eigenvalue weighted by atomic mass is 35.5. The van der Waals surface area contributed by atoms with Crippen molar-refractivity contribution in [1.29, 1.82) is 0 Å². The molecule has 0 radical (unpaired) electrons. The van der Waals surface area contributed by atoms with Gasteiger partial charge in [0.1, 0.15) is 12.9 Å². The Hall–Kier alpha value is -2.08. The summed E-state index contributed by atoms with van der Waals surface area (Å²) in [7, 11) is 2.00. The molecule has 6 nitrogen and oxygen atoms in total. The fourth-order valence-electron chi connectivity index (χ4n) is 2.24. The zero-order valence-corrected chi connectivity index (χ0v) is 14.6. The van der Waals surface area contributed by atoms with Crippen LogP contribution in [-0.4, -0.2) is 39.2 Å². The van der Waals surface area contributed by atoms with Gasteiger partial charge in [-0.05, 0) is 25.5 Å². The number of hydrogen-bond acceptors (Lipinski definition) is 3. The van der Waals surface area contributed by atoms with E-state index >= 15 is 0 Å². The SMILES string of the molecule is CCNC(=NCc1nncn1CC)N(C)Cc1ccccc1Cl. The van der Waals surface area contributed by atoms with Crippen LogP contribution in [0.3, 0.4) is 0 Å². The number of nitrogens with zero attached hydrogens (tertiary/aromatic N) is 5. The van der Waals surface area contributed by atoms with Gasteiger partial charge in [0.05, 0.1) is 0 Å². The third-order valence-corrected chi connectivity index (χ3v) is 3.84. The van der Waals surface area contributed by atoms with Gasteiger partial charge < -0.3 is 14.8 Å². The van der Waals surface area contributed by atoms with Crippen molar-refractivity contribution in [2.75, 3.05) is 13.6 Å². The van der Waals surface area contributed by atoms with Gasteiger partial charge in [-0.15, -0.1) is 10.2 Å². The number of aliphatic imine (C=N–C) groups is 1. The van der Waals surface area contributed by atoms with Gasteiger partial charge in [-0.3, -0.25) is 0 Å². The molecule has 0 unspecified atom stereocenters. The van der Waals surface area contributed by atoms with Crippen LogP contribution >= 0.6 is 11.6 Å².